The Balaban J connectivity index is 2.33. The molecule has 0 spiro atoms. The third-order valence-corrected chi connectivity index (χ3v) is 5.18. The molecule has 0 fully saturated rings. The highest BCUT2D eigenvalue weighted by atomic mass is 35.5. The van der Waals surface area contributed by atoms with Crippen LogP contribution >= 0.6 is 11.6 Å². The Kier molecular flexibility index (Phi) is 5.56. The van der Waals surface area contributed by atoms with Crippen LogP contribution in [-0.2, 0) is 16.6 Å². The molecule has 0 unspecified atom stereocenters. The van der Waals surface area contributed by atoms with E-state index in [1.807, 2.05) is 36.4 Å². The van der Waals surface area contributed by atoms with Crippen LogP contribution in [0.2, 0.25) is 5.02 Å². The summed E-state index contributed by atoms with van der Waals surface area (Å²) in [7, 11) is -3.70. The minimum Gasteiger partial charge on any atom is -0.207 e. The first-order chi connectivity index (χ1) is 10.5. The highest BCUT2D eigenvalue weighted by Gasteiger charge is 2.24. The first-order valence-corrected chi connectivity index (χ1v) is 8.52. The van der Waals surface area contributed by atoms with Crippen molar-refractivity contribution in [3.63, 3.8) is 0 Å². The summed E-state index contributed by atoms with van der Waals surface area (Å²) in [6, 6.07) is 17.4. The van der Waals surface area contributed by atoms with Gasteiger partial charge in [-0.05, 0) is 23.8 Å². The zero-order valence-corrected chi connectivity index (χ0v) is 13.4. The molecule has 0 radical (unpaired) electrons. The van der Waals surface area contributed by atoms with Gasteiger partial charge < -0.3 is 0 Å². The van der Waals surface area contributed by atoms with Crippen molar-refractivity contribution >= 4 is 21.6 Å². The van der Waals surface area contributed by atoms with Crippen molar-refractivity contribution in [3.05, 3.63) is 65.2 Å². The number of nitriles is 1. The van der Waals surface area contributed by atoms with Crippen LogP contribution < -0.4 is 0 Å². The van der Waals surface area contributed by atoms with Crippen molar-refractivity contribution in [2.24, 2.45) is 0 Å². The summed E-state index contributed by atoms with van der Waals surface area (Å²) in [6.45, 7) is 0.359. The van der Waals surface area contributed by atoms with E-state index in [9.17, 15) is 8.42 Å². The number of rotatable bonds is 6. The molecule has 6 heteroatoms. The maximum absolute atomic E-state index is 12.8. The molecule has 0 saturated carbocycles. The van der Waals surface area contributed by atoms with Gasteiger partial charge in [-0.3, -0.25) is 0 Å². The molecule has 0 N–H and O–H groups in total. The van der Waals surface area contributed by atoms with E-state index in [-0.39, 0.29) is 24.4 Å². The Morgan fingerprint density at radius 2 is 1.82 bits per heavy atom. The maximum Gasteiger partial charge on any atom is 0.243 e. The van der Waals surface area contributed by atoms with E-state index in [0.717, 1.165) is 5.56 Å². The average Bonchev–Trinajstić information content (AvgIpc) is 2.52. The normalized spacial score (nSPS) is 11.3. The van der Waals surface area contributed by atoms with Gasteiger partial charge in [-0.15, -0.1) is 0 Å². The van der Waals surface area contributed by atoms with Gasteiger partial charge in [0.15, 0.2) is 0 Å². The molecule has 0 aliphatic rings. The molecule has 0 amide bonds. The lowest BCUT2D eigenvalue weighted by Gasteiger charge is -2.21. The number of hydrogen-bond donors (Lipinski definition) is 0. The maximum atomic E-state index is 12.8. The number of hydrogen-bond acceptors (Lipinski definition) is 3. The van der Waals surface area contributed by atoms with E-state index >= 15 is 0 Å². The van der Waals surface area contributed by atoms with Crippen LogP contribution in [0.4, 0.5) is 0 Å². The second-order valence-electron chi connectivity index (χ2n) is 4.69. The Bertz CT molecular complexity index is 770. The van der Waals surface area contributed by atoms with Gasteiger partial charge in [-0.25, -0.2) is 8.42 Å². The quantitative estimate of drug-likeness (QED) is 0.813. The summed E-state index contributed by atoms with van der Waals surface area (Å²) >= 11 is 5.88. The molecular weight excluding hydrogens is 320 g/mol. The molecule has 4 nitrogen and oxygen atoms in total. The van der Waals surface area contributed by atoms with Crippen LogP contribution in [0.3, 0.4) is 0 Å². The summed E-state index contributed by atoms with van der Waals surface area (Å²) in [5, 5.41) is 9.13. The van der Waals surface area contributed by atoms with Gasteiger partial charge in [0.05, 0.1) is 11.0 Å². The predicted octanol–water partition coefficient (Wildman–Crippen LogP) is 3.44. The van der Waals surface area contributed by atoms with Crippen LogP contribution in [-0.4, -0.2) is 19.3 Å². The third kappa shape index (κ3) is 4.08. The molecule has 2 aromatic rings. The Morgan fingerprint density at radius 3 is 2.45 bits per heavy atom. The fourth-order valence-corrected chi connectivity index (χ4v) is 3.75. The van der Waals surface area contributed by atoms with E-state index in [2.05, 4.69) is 0 Å². The van der Waals surface area contributed by atoms with Gasteiger partial charge in [-0.2, -0.15) is 9.57 Å². The van der Waals surface area contributed by atoms with E-state index in [1.54, 1.807) is 12.1 Å². The minimum absolute atomic E-state index is 0.132. The van der Waals surface area contributed by atoms with Gasteiger partial charge in [0.25, 0.3) is 0 Å². The minimum atomic E-state index is -3.70. The van der Waals surface area contributed by atoms with E-state index in [4.69, 9.17) is 16.9 Å². The highest BCUT2D eigenvalue weighted by Crippen LogP contribution is 2.21. The summed E-state index contributed by atoms with van der Waals surface area (Å²) in [4.78, 5) is 0.133. The zero-order chi connectivity index (χ0) is 16.0. The monoisotopic (exact) mass is 334 g/mol. The lowest BCUT2D eigenvalue weighted by Crippen LogP contribution is -2.31. The topological polar surface area (TPSA) is 61.2 Å². The van der Waals surface area contributed by atoms with Gasteiger partial charge >= 0.3 is 0 Å². The lowest BCUT2D eigenvalue weighted by atomic mass is 10.2. The summed E-state index contributed by atoms with van der Waals surface area (Å²) in [5.41, 5.74) is 0.867. The first kappa shape index (κ1) is 16.5. The van der Waals surface area contributed by atoms with Crippen LogP contribution in [0.25, 0.3) is 0 Å². The second-order valence-corrected chi connectivity index (χ2v) is 7.06. The van der Waals surface area contributed by atoms with Crippen molar-refractivity contribution in [1.82, 2.24) is 4.31 Å². The summed E-state index contributed by atoms with van der Waals surface area (Å²) in [5.74, 6) is 0. The molecule has 0 heterocycles. The molecular formula is C16H15ClN2O2S. The summed E-state index contributed by atoms with van der Waals surface area (Å²) < 4.78 is 26.8. The van der Waals surface area contributed by atoms with Crippen molar-refractivity contribution in [2.45, 2.75) is 17.9 Å². The first-order valence-electron chi connectivity index (χ1n) is 6.70. The van der Waals surface area contributed by atoms with Crippen molar-refractivity contribution in [1.29, 1.82) is 5.26 Å². The van der Waals surface area contributed by atoms with E-state index in [0.29, 0.717) is 5.02 Å². The average molecular weight is 335 g/mol. The summed E-state index contributed by atoms with van der Waals surface area (Å²) in [6.07, 6.45) is 0.132. The molecule has 2 rings (SSSR count). The fourth-order valence-electron chi connectivity index (χ4n) is 2.02. The standard InChI is InChI=1S/C16H15ClN2O2S/c17-15-8-4-9-16(12-15)22(20,21)19(11-5-10-18)13-14-6-2-1-3-7-14/h1-4,6-9,12H,5,11,13H2. The van der Waals surface area contributed by atoms with Crippen LogP contribution in [0.15, 0.2) is 59.5 Å². The Labute approximate surface area is 135 Å². The number of halogens is 1. The largest absolute Gasteiger partial charge is 0.243 e. The van der Waals surface area contributed by atoms with Crippen LogP contribution in [0.1, 0.15) is 12.0 Å². The molecule has 0 aliphatic carbocycles. The molecule has 22 heavy (non-hydrogen) atoms. The molecule has 2 aromatic carbocycles. The lowest BCUT2D eigenvalue weighted by molar-refractivity contribution is 0.413. The van der Waals surface area contributed by atoms with Gasteiger partial charge in [0, 0.05) is 24.5 Å². The fraction of sp³-hybridized carbons (Fsp3) is 0.188. The van der Waals surface area contributed by atoms with Crippen molar-refractivity contribution in [2.75, 3.05) is 6.54 Å². The third-order valence-electron chi connectivity index (χ3n) is 3.11. The highest BCUT2D eigenvalue weighted by molar-refractivity contribution is 7.89. The smallest absolute Gasteiger partial charge is 0.207 e. The SMILES string of the molecule is N#CCCN(Cc1ccccc1)S(=O)(=O)c1cccc(Cl)c1. The van der Waals surface area contributed by atoms with Gasteiger partial charge in [-0.1, -0.05) is 48.0 Å². The van der Waals surface area contributed by atoms with Crippen LogP contribution in [0, 0.1) is 11.3 Å². The molecule has 0 bridgehead atoms. The molecule has 0 aromatic heterocycles. The molecule has 0 saturated heterocycles. The Hall–Kier alpha value is -1.87. The molecule has 114 valence electrons. The molecule has 0 aliphatic heterocycles. The number of sulfonamides is 1. The van der Waals surface area contributed by atoms with Crippen molar-refractivity contribution in [3.8, 4) is 6.07 Å². The number of benzene rings is 2. The van der Waals surface area contributed by atoms with Gasteiger partial charge in [0.1, 0.15) is 0 Å². The second kappa shape index (κ2) is 7.41. The number of nitrogens with zero attached hydrogens (tertiary/aromatic N) is 2. The Morgan fingerprint density at radius 1 is 1.09 bits per heavy atom. The predicted molar refractivity (Wildman–Crippen MR) is 85.7 cm³/mol. The van der Waals surface area contributed by atoms with E-state index in [1.165, 1.54) is 16.4 Å². The van der Waals surface area contributed by atoms with Gasteiger partial charge in [0.2, 0.25) is 10.0 Å². The zero-order valence-electron chi connectivity index (χ0n) is 11.8. The molecule has 0 atom stereocenters. The van der Waals surface area contributed by atoms with Crippen LogP contribution in [0.5, 0.6) is 0 Å². The van der Waals surface area contributed by atoms with Crippen molar-refractivity contribution < 1.29 is 8.42 Å². The van der Waals surface area contributed by atoms with E-state index < -0.39 is 10.0 Å².